The fourth-order valence-electron chi connectivity index (χ4n) is 2.89. The van der Waals surface area contributed by atoms with E-state index in [1.807, 2.05) is 24.3 Å². The van der Waals surface area contributed by atoms with Crippen molar-refractivity contribution in [2.24, 2.45) is 0 Å². The number of aryl methyl sites for hydroxylation is 1. The van der Waals surface area contributed by atoms with Crippen LogP contribution in [0.1, 0.15) is 16.7 Å². The predicted octanol–water partition coefficient (Wildman–Crippen LogP) is 4.19. The molecule has 5 nitrogen and oxygen atoms in total. The first kappa shape index (κ1) is 18.6. The molecule has 0 unspecified atom stereocenters. The lowest BCUT2D eigenvalue weighted by molar-refractivity contribution is 0.146. The fourth-order valence-corrected chi connectivity index (χ4v) is 2.89. The Kier molecular flexibility index (Phi) is 5.84. The summed E-state index contributed by atoms with van der Waals surface area (Å²) in [6.07, 6.45) is 1.51. The standard InChI is InChI=1S/C21H20FN3O2/c1-14-8-17(22)10-19-20(14)25-13-16(11-23)21(19)24-12-15-4-3-5-18(9-15)27-7-6-26-2/h3-5,8-10,13H,6-7,12H2,1-2H3,(H,24,25). The molecule has 1 N–H and O–H groups in total. The van der Waals surface area contributed by atoms with E-state index in [2.05, 4.69) is 16.4 Å². The number of hydrogen-bond donors (Lipinski definition) is 1. The average Bonchev–Trinajstić information content (AvgIpc) is 2.66. The molecule has 0 saturated carbocycles. The molecule has 3 rings (SSSR count). The van der Waals surface area contributed by atoms with Crippen molar-refractivity contribution in [3.05, 3.63) is 65.1 Å². The average molecular weight is 365 g/mol. The largest absolute Gasteiger partial charge is 0.491 e. The maximum Gasteiger partial charge on any atom is 0.124 e. The third-order valence-electron chi connectivity index (χ3n) is 4.17. The number of ether oxygens (including phenoxy) is 2. The van der Waals surface area contributed by atoms with Crippen LogP contribution in [-0.2, 0) is 11.3 Å². The molecule has 27 heavy (non-hydrogen) atoms. The van der Waals surface area contributed by atoms with Crippen LogP contribution in [0.3, 0.4) is 0 Å². The van der Waals surface area contributed by atoms with Crippen LogP contribution in [0.25, 0.3) is 10.9 Å². The van der Waals surface area contributed by atoms with Crippen molar-refractivity contribution < 1.29 is 13.9 Å². The van der Waals surface area contributed by atoms with Crippen molar-refractivity contribution in [1.82, 2.24) is 4.98 Å². The molecular weight excluding hydrogens is 345 g/mol. The molecule has 0 atom stereocenters. The first-order valence-corrected chi connectivity index (χ1v) is 8.56. The van der Waals surface area contributed by atoms with Gasteiger partial charge in [0.2, 0.25) is 0 Å². The Labute approximate surface area is 157 Å². The van der Waals surface area contributed by atoms with E-state index in [1.54, 1.807) is 14.0 Å². The molecule has 0 radical (unpaired) electrons. The number of nitriles is 1. The van der Waals surface area contributed by atoms with Crippen LogP contribution in [-0.4, -0.2) is 25.3 Å². The van der Waals surface area contributed by atoms with Gasteiger partial charge >= 0.3 is 0 Å². The van der Waals surface area contributed by atoms with E-state index < -0.39 is 0 Å². The predicted molar refractivity (Wildman–Crippen MR) is 102 cm³/mol. The number of aromatic nitrogens is 1. The molecule has 0 bridgehead atoms. The molecule has 2 aromatic carbocycles. The topological polar surface area (TPSA) is 67.2 Å². The third kappa shape index (κ3) is 4.33. The fraction of sp³-hybridized carbons (Fsp3) is 0.238. The van der Waals surface area contributed by atoms with Gasteiger partial charge in [0.05, 0.1) is 23.4 Å². The van der Waals surface area contributed by atoms with E-state index in [9.17, 15) is 9.65 Å². The minimum Gasteiger partial charge on any atom is -0.491 e. The van der Waals surface area contributed by atoms with Gasteiger partial charge in [-0.15, -0.1) is 0 Å². The Balaban J connectivity index is 1.87. The molecule has 0 spiro atoms. The Morgan fingerprint density at radius 1 is 1.22 bits per heavy atom. The van der Waals surface area contributed by atoms with E-state index in [4.69, 9.17) is 9.47 Å². The molecule has 0 aliphatic carbocycles. The Hall–Kier alpha value is -3.17. The van der Waals surface area contributed by atoms with Gasteiger partial charge in [-0.3, -0.25) is 4.98 Å². The smallest absolute Gasteiger partial charge is 0.124 e. The number of rotatable bonds is 7. The summed E-state index contributed by atoms with van der Waals surface area (Å²) in [5, 5.41) is 13.3. The van der Waals surface area contributed by atoms with Crippen LogP contribution in [0.2, 0.25) is 0 Å². The Morgan fingerprint density at radius 3 is 2.85 bits per heavy atom. The number of fused-ring (bicyclic) bond motifs is 1. The van der Waals surface area contributed by atoms with E-state index in [1.165, 1.54) is 18.3 Å². The summed E-state index contributed by atoms with van der Waals surface area (Å²) in [6.45, 7) is 3.25. The SMILES string of the molecule is COCCOc1cccc(CNc2c(C#N)cnc3c(C)cc(F)cc23)c1. The van der Waals surface area contributed by atoms with Gasteiger partial charge in [-0.1, -0.05) is 12.1 Å². The molecule has 0 aliphatic heterocycles. The second-order valence-corrected chi connectivity index (χ2v) is 6.12. The second kappa shape index (κ2) is 8.47. The number of nitrogens with one attached hydrogen (secondary N) is 1. The minimum atomic E-state index is -0.353. The van der Waals surface area contributed by atoms with Crippen LogP contribution in [0.4, 0.5) is 10.1 Å². The molecule has 1 heterocycles. The van der Waals surface area contributed by atoms with E-state index in [0.717, 1.165) is 16.9 Å². The number of hydrogen-bond acceptors (Lipinski definition) is 5. The Morgan fingerprint density at radius 2 is 2.07 bits per heavy atom. The van der Waals surface area contributed by atoms with Crippen LogP contribution in [0, 0.1) is 24.1 Å². The first-order valence-electron chi connectivity index (χ1n) is 8.56. The van der Waals surface area contributed by atoms with Gasteiger partial charge < -0.3 is 14.8 Å². The second-order valence-electron chi connectivity index (χ2n) is 6.12. The molecule has 0 saturated heterocycles. The molecular formula is C21H20FN3O2. The van der Waals surface area contributed by atoms with Crippen LogP contribution in [0.5, 0.6) is 5.75 Å². The molecule has 0 aliphatic rings. The molecule has 6 heteroatoms. The van der Waals surface area contributed by atoms with E-state index in [0.29, 0.717) is 41.9 Å². The highest BCUT2D eigenvalue weighted by molar-refractivity contribution is 5.95. The first-order chi connectivity index (χ1) is 13.1. The van der Waals surface area contributed by atoms with Crippen molar-refractivity contribution in [3.8, 4) is 11.8 Å². The highest BCUT2D eigenvalue weighted by Gasteiger charge is 2.12. The molecule has 1 aromatic heterocycles. The summed E-state index contributed by atoms with van der Waals surface area (Å²) in [5.74, 6) is 0.391. The van der Waals surface area contributed by atoms with Gasteiger partial charge in [-0.2, -0.15) is 5.26 Å². The number of methoxy groups -OCH3 is 1. The zero-order chi connectivity index (χ0) is 19.2. The zero-order valence-electron chi connectivity index (χ0n) is 15.3. The number of pyridine rings is 1. The van der Waals surface area contributed by atoms with Gasteiger partial charge in [0.1, 0.15) is 24.2 Å². The van der Waals surface area contributed by atoms with Crippen molar-refractivity contribution >= 4 is 16.6 Å². The Bertz CT molecular complexity index is 999. The highest BCUT2D eigenvalue weighted by Crippen LogP contribution is 2.29. The highest BCUT2D eigenvalue weighted by atomic mass is 19.1. The van der Waals surface area contributed by atoms with E-state index in [-0.39, 0.29) is 5.82 Å². The maximum atomic E-state index is 13.9. The van der Waals surface area contributed by atoms with Crippen LogP contribution in [0.15, 0.2) is 42.6 Å². The van der Waals surface area contributed by atoms with Crippen LogP contribution < -0.4 is 10.1 Å². The summed E-state index contributed by atoms with van der Waals surface area (Å²) in [7, 11) is 1.63. The number of anilines is 1. The lowest BCUT2D eigenvalue weighted by atomic mass is 10.1. The van der Waals surface area contributed by atoms with Crippen LogP contribution >= 0.6 is 0 Å². The van der Waals surface area contributed by atoms with Gasteiger partial charge in [-0.25, -0.2) is 4.39 Å². The zero-order valence-corrected chi connectivity index (χ0v) is 15.3. The van der Waals surface area contributed by atoms with Gasteiger partial charge in [0.25, 0.3) is 0 Å². The monoisotopic (exact) mass is 365 g/mol. The normalized spacial score (nSPS) is 10.6. The number of nitrogens with zero attached hydrogens (tertiary/aromatic N) is 2. The van der Waals surface area contributed by atoms with Crippen molar-refractivity contribution in [3.63, 3.8) is 0 Å². The van der Waals surface area contributed by atoms with Crippen molar-refractivity contribution in [2.45, 2.75) is 13.5 Å². The number of benzene rings is 2. The lowest BCUT2D eigenvalue weighted by Gasteiger charge is -2.13. The van der Waals surface area contributed by atoms with E-state index >= 15 is 0 Å². The summed E-state index contributed by atoms with van der Waals surface area (Å²) in [4.78, 5) is 4.30. The van der Waals surface area contributed by atoms with Crippen molar-refractivity contribution in [2.75, 3.05) is 25.6 Å². The maximum absolute atomic E-state index is 13.9. The molecule has 0 amide bonds. The molecule has 3 aromatic rings. The minimum absolute atomic E-state index is 0.353. The van der Waals surface area contributed by atoms with Gasteiger partial charge in [0.15, 0.2) is 0 Å². The summed E-state index contributed by atoms with van der Waals surface area (Å²) in [6, 6.07) is 12.6. The molecule has 138 valence electrons. The number of halogens is 1. The summed E-state index contributed by atoms with van der Waals surface area (Å²) in [5.41, 5.74) is 3.34. The lowest BCUT2D eigenvalue weighted by Crippen LogP contribution is -2.06. The summed E-state index contributed by atoms with van der Waals surface area (Å²) >= 11 is 0. The summed E-state index contributed by atoms with van der Waals surface area (Å²) < 4.78 is 24.5. The third-order valence-corrected chi connectivity index (χ3v) is 4.17. The molecule has 0 fully saturated rings. The van der Waals surface area contributed by atoms with Gasteiger partial charge in [0, 0.05) is 25.2 Å². The van der Waals surface area contributed by atoms with Crippen molar-refractivity contribution in [1.29, 1.82) is 5.26 Å². The van der Waals surface area contributed by atoms with Gasteiger partial charge in [-0.05, 0) is 42.3 Å². The quantitative estimate of drug-likeness (QED) is 0.636.